The van der Waals surface area contributed by atoms with Gasteiger partial charge in [0.15, 0.2) is 0 Å². The first-order valence-electron chi connectivity index (χ1n) is 7.01. The average molecular weight is 261 g/mol. The summed E-state index contributed by atoms with van der Waals surface area (Å²) in [4.78, 5) is 13.7. The second kappa shape index (κ2) is 6.68. The molecule has 0 bridgehead atoms. The highest BCUT2D eigenvalue weighted by Crippen LogP contribution is 2.30. The fourth-order valence-corrected chi connectivity index (χ4v) is 2.23. The Hall–Kier alpha value is -1.39. The Balaban J connectivity index is 1.87. The molecule has 0 atom stereocenters. The van der Waals surface area contributed by atoms with Crippen LogP contribution in [0.3, 0.4) is 0 Å². The Morgan fingerprint density at radius 1 is 1.32 bits per heavy atom. The molecule has 1 aliphatic carbocycles. The van der Waals surface area contributed by atoms with Gasteiger partial charge in [0.2, 0.25) is 5.91 Å². The topological polar surface area (TPSA) is 58.4 Å². The molecule has 1 amide bonds. The third kappa shape index (κ3) is 4.65. The molecule has 4 nitrogen and oxygen atoms in total. The molecule has 0 aromatic heterocycles. The van der Waals surface area contributed by atoms with E-state index >= 15 is 0 Å². The first-order chi connectivity index (χ1) is 9.21. The van der Waals surface area contributed by atoms with Gasteiger partial charge < -0.3 is 0 Å². The molecule has 1 saturated carbocycles. The molecule has 0 spiro atoms. The zero-order valence-corrected chi connectivity index (χ0v) is 11.6. The van der Waals surface area contributed by atoms with Gasteiger partial charge in [0.05, 0.1) is 6.42 Å². The minimum absolute atomic E-state index is 0.156. The fourth-order valence-electron chi connectivity index (χ4n) is 2.23. The van der Waals surface area contributed by atoms with Crippen LogP contribution in [0.5, 0.6) is 0 Å². The van der Waals surface area contributed by atoms with E-state index in [9.17, 15) is 4.79 Å². The Morgan fingerprint density at radius 2 is 1.95 bits per heavy atom. The SMILES string of the molecule is CCN(Cc1ccc(CC(=O)NN)cc1)CC1CC1. The van der Waals surface area contributed by atoms with E-state index in [-0.39, 0.29) is 5.91 Å². The van der Waals surface area contributed by atoms with Crippen LogP contribution < -0.4 is 11.3 Å². The van der Waals surface area contributed by atoms with Crippen molar-refractivity contribution >= 4 is 5.91 Å². The third-order valence-corrected chi connectivity index (χ3v) is 3.62. The molecular formula is C15H23N3O. The molecule has 0 unspecified atom stereocenters. The van der Waals surface area contributed by atoms with Crippen LogP contribution in [-0.4, -0.2) is 23.9 Å². The number of hydrogen-bond donors (Lipinski definition) is 2. The van der Waals surface area contributed by atoms with E-state index in [2.05, 4.69) is 29.4 Å². The molecule has 1 fully saturated rings. The van der Waals surface area contributed by atoms with Crippen molar-refractivity contribution < 1.29 is 4.79 Å². The molecule has 3 N–H and O–H groups in total. The van der Waals surface area contributed by atoms with Crippen molar-refractivity contribution in [3.63, 3.8) is 0 Å². The van der Waals surface area contributed by atoms with Gasteiger partial charge in [-0.3, -0.25) is 15.1 Å². The first-order valence-corrected chi connectivity index (χ1v) is 7.01. The zero-order chi connectivity index (χ0) is 13.7. The number of carbonyl (C=O) groups excluding carboxylic acids is 1. The zero-order valence-electron chi connectivity index (χ0n) is 11.6. The molecule has 0 saturated heterocycles. The number of carbonyl (C=O) groups is 1. The van der Waals surface area contributed by atoms with Crippen molar-refractivity contribution in [2.45, 2.75) is 32.7 Å². The largest absolute Gasteiger partial charge is 0.299 e. The smallest absolute Gasteiger partial charge is 0.238 e. The van der Waals surface area contributed by atoms with Gasteiger partial charge in [-0.15, -0.1) is 0 Å². The minimum Gasteiger partial charge on any atom is -0.299 e. The molecule has 1 aliphatic rings. The molecule has 104 valence electrons. The van der Waals surface area contributed by atoms with Gasteiger partial charge in [0, 0.05) is 13.1 Å². The number of benzene rings is 1. The lowest BCUT2D eigenvalue weighted by atomic mass is 10.1. The number of nitrogens with two attached hydrogens (primary N) is 1. The molecule has 1 aromatic carbocycles. The summed E-state index contributed by atoms with van der Waals surface area (Å²) in [5.41, 5.74) is 4.45. The maximum atomic E-state index is 11.2. The van der Waals surface area contributed by atoms with E-state index in [1.165, 1.54) is 24.9 Å². The number of nitrogens with one attached hydrogen (secondary N) is 1. The highest BCUT2D eigenvalue weighted by atomic mass is 16.2. The Bertz CT molecular complexity index is 412. The van der Waals surface area contributed by atoms with Crippen LogP contribution in [0.25, 0.3) is 0 Å². The maximum absolute atomic E-state index is 11.2. The summed E-state index contributed by atoms with van der Waals surface area (Å²) in [6, 6.07) is 8.23. The van der Waals surface area contributed by atoms with Crippen LogP contribution >= 0.6 is 0 Å². The minimum atomic E-state index is -0.156. The van der Waals surface area contributed by atoms with Crippen molar-refractivity contribution in [3.05, 3.63) is 35.4 Å². The van der Waals surface area contributed by atoms with Crippen LogP contribution in [0.15, 0.2) is 24.3 Å². The molecule has 2 rings (SSSR count). The number of hydrogen-bond acceptors (Lipinski definition) is 3. The lowest BCUT2D eigenvalue weighted by molar-refractivity contribution is -0.120. The lowest BCUT2D eigenvalue weighted by Crippen LogP contribution is -2.31. The predicted octanol–water partition coefficient (Wildman–Crippen LogP) is 1.45. The van der Waals surface area contributed by atoms with E-state index in [1.807, 2.05) is 12.1 Å². The fraction of sp³-hybridized carbons (Fsp3) is 0.533. The highest BCUT2D eigenvalue weighted by molar-refractivity contribution is 5.77. The summed E-state index contributed by atoms with van der Waals surface area (Å²) in [6.07, 6.45) is 3.13. The number of amides is 1. The van der Waals surface area contributed by atoms with Gasteiger partial charge in [-0.1, -0.05) is 31.2 Å². The van der Waals surface area contributed by atoms with Crippen LogP contribution in [0.4, 0.5) is 0 Å². The van der Waals surface area contributed by atoms with E-state index in [4.69, 9.17) is 5.84 Å². The second-order valence-corrected chi connectivity index (χ2v) is 5.33. The molecule has 4 heteroatoms. The number of hydrazine groups is 1. The molecule has 19 heavy (non-hydrogen) atoms. The highest BCUT2D eigenvalue weighted by Gasteiger charge is 2.23. The standard InChI is InChI=1S/C15H23N3O/c1-2-18(11-14-7-8-14)10-13-5-3-12(4-6-13)9-15(19)17-16/h3-6,14H,2,7-11,16H2,1H3,(H,17,19). The number of nitrogens with zero attached hydrogens (tertiary/aromatic N) is 1. The van der Waals surface area contributed by atoms with Gasteiger partial charge in [0.1, 0.15) is 0 Å². The van der Waals surface area contributed by atoms with Gasteiger partial charge in [-0.05, 0) is 36.4 Å². The first kappa shape index (κ1) is 14.0. The molecular weight excluding hydrogens is 238 g/mol. The normalized spacial score (nSPS) is 14.7. The lowest BCUT2D eigenvalue weighted by Gasteiger charge is -2.20. The predicted molar refractivity (Wildman–Crippen MR) is 76.2 cm³/mol. The Labute approximate surface area is 114 Å². The van der Waals surface area contributed by atoms with E-state index in [1.54, 1.807) is 0 Å². The van der Waals surface area contributed by atoms with E-state index in [0.29, 0.717) is 6.42 Å². The van der Waals surface area contributed by atoms with E-state index in [0.717, 1.165) is 24.6 Å². The monoisotopic (exact) mass is 261 g/mol. The summed E-state index contributed by atoms with van der Waals surface area (Å²) >= 11 is 0. The Morgan fingerprint density at radius 3 is 2.47 bits per heavy atom. The summed E-state index contributed by atoms with van der Waals surface area (Å²) in [5.74, 6) is 5.85. The maximum Gasteiger partial charge on any atom is 0.238 e. The van der Waals surface area contributed by atoms with Crippen molar-refractivity contribution in [1.29, 1.82) is 0 Å². The van der Waals surface area contributed by atoms with Crippen LogP contribution in [0, 0.1) is 5.92 Å². The van der Waals surface area contributed by atoms with Crippen molar-refractivity contribution in [2.24, 2.45) is 11.8 Å². The summed E-state index contributed by atoms with van der Waals surface area (Å²) in [7, 11) is 0. The second-order valence-electron chi connectivity index (χ2n) is 5.33. The van der Waals surface area contributed by atoms with Crippen LogP contribution in [-0.2, 0) is 17.8 Å². The van der Waals surface area contributed by atoms with Crippen molar-refractivity contribution in [3.8, 4) is 0 Å². The molecule has 0 radical (unpaired) electrons. The van der Waals surface area contributed by atoms with Gasteiger partial charge in [-0.25, -0.2) is 5.84 Å². The van der Waals surface area contributed by atoms with E-state index < -0.39 is 0 Å². The molecule has 1 aromatic rings. The average Bonchev–Trinajstić information content (AvgIpc) is 3.24. The molecule has 0 heterocycles. The van der Waals surface area contributed by atoms with Crippen LogP contribution in [0.2, 0.25) is 0 Å². The van der Waals surface area contributed by atoms with Crippen molar-refractivity contribution in [2.75, 3.05) is 13.1 Å². The summed E-state index contributed by atoms with van der Waals surface area (Å²) < 4.78 is 0. The van der Waals surface area contributed by atoms with Gasteiger partial charge in [0.25, 0.3) is 0 Å². The summed E-state index contributed by atoms with van der Waals surface area (Å²) in [5, 5.41) is 0. The van der Waals surface area contributed by atoms with Gasteiger partial charge in [-0.2, -0.15) is 0 Å². The quantitative estimate of drug-likeness (QED) is 0.444. The van der Waals surface area contributed by atoms with Crippen molar-refractivity contribution in [1.82, 2.24) is 10.3 Å². The number of rotatable bonds is 7. The Kier molecular flexibility index (Phi) is 4.93. The third-order valence-electron chi connectivity index (χ3n) is 3.62. The van der Waals surface area contributed by atoms with Crippen LogP contribution in [0.1, 0.15) is 30.9 Å². The van der Waals surface area contributed by atoms with Gasteiger partial charge >= 0.3 is 0 Å². The molecule has 0 aliphatic heterocycles. The summed E-state index contributed by atoms with van der Waals surface area (Å²) in [6.45, 7) is 5.51.